The molecule has 0 heterocycles. The van der Waals surface area contributed by atoms with Gasteiger partial charge in [-0.25, -0.2) is 4.57 Å². The van der Waals surface area contributed by atoms with E-state index in [2.05, 4.69) is 74.6 Å². The van der Waals surface area contributed by atoms with Gasteiger partial charge in [-0.3, -0.25) is 18.6 Å². The molecular formula is C40H68NO8P. The first-order chi connectivity index (χ1) is 24.3. The summed E-state index contributed by atoms with van der Waals surface area (Å²) >= 11 is 0. The first kappa shape index (κ1) is 47.4. The zero-order valence-electron chi connectivity index (χ0n) is 31.1. The van der Waals surface area contributed by atoms with Crippen molar-refractivity contribution in [3.05, 3.63) is 72.9 Å². The number of phosphoric ester groups is 1. The van der Waals surface area contributed by atoms with Crippen LogP contribution in [0.15, 0.2) is 72.9 Å². The molecule has 0 aliphatic heterocycles. The Kier molecular flexibility index (Phi) is 34.4. The lowest BCUT2D eigenvalue weighted by atomic mass is 10.1. The number of carbonyl (C=O) groups is 2. The summed E-state index contributed by atoms with van der Waals surface area (Å²) in [5, 5.41) is 0. The fraction of sp³-hybridized carbons (Fsp3) is 0.650. The predicted molar refractivity (Wildman–Crippen MR) is 206 cm³/mol. The molecule has 0 saturated heterocycles. The summed E-state index contributed by atoms with van der Waals surface area (Å²) in [4.78, 5) is 34.6. The van der Waals surface area contributed by atoms with Gasteiger partial charge in [0, 0.05) is 19.4 Å². The second-order valence-corrected chi connectivity index (χ2v) is 13.5. The molecule has 0 saturated carbocycles. The molecule has 10 heteroatoms. The molecule has 0 bridgehead atoms. The lowest BCUT2D eigenvalue weighted by molar-refractivity contribution is -0.161. The van der Waals surface area contributed by atoms with Gasteiger partial charge in [0.25, 0.3) is 0 Å². The highest BCUT2D eigenvalue weighted by molar-refractivity contribution is 7.47. The van der Waals surface area contributed by atoms with E-state index in [0.717, 1.165) is 57.8 Å². The Morgan fingerprint density at radius 2 is 1.10 bits per heavy atom. The van der Waals surface area contributed by atoms with E-state index < -0.39 is 32.5 Å². The van der Waals surface area contributed by atoms with E-state index in [1.807, 2.05) is 12.2 Å². The van der Waals surface area contributed by atoms with Crippen molar-refractivity contribution < 1.29 is 37.6 Å². The fourth-order valence-electron chi connectivity index (χ4n) is 4.60. The Bertz CT molecular complexity index is 1050. The van der Waals surface area contributed by atoms with Crippen molar-refractivity contribution in [3.8, 4) is 0 Å². The number of hydrogen-bond acceptors (Lipinski definition) is 8. The molecule has 0 amide bonds. The Labute approximate surface area is 303 Å². The maximum atomic E-state index is 12.5. The van der Waals surface area contributed by atoms with Gasteiger partial charge in [-0.2, -0.15) is 0 Å². The number of phosphoric acid groups is 1. The SMILES string of the molecule is CC/C=C/C/C=C/C/C=C/C/C=C/C/C=C/C/C=C/CCC(=O)O[C@H](COC(=O)CCCCCCCCCCCC)COP(=O)(O)OCCN. The van der Waals surface area contributed by atoms with Gasteiger partial charge in [-0.15, -0.1) is 0 Å². The zero-order valence-corrected chi connectivity index (χ0v) is 32.0. The number of unbranched alkanes of at least 4 members (excludes halogenated alkanes) is 9. The molecule has 0 aliphatic rings. The van der Waals surface area contributed by atoms with Gasteiger partial charge in [0.05, 0.1) is 13.2 Å². The maximum Gasteiger partial charge on any atom is 0.472 e. The summed E-state index contributed by atoms with van der Waals surface area (Å²) in [5.74, 6) is -0.935. The number of nitrogens with two attached hydrogens (primary N) is 1. The highest BCUT2D eigenvalue weighted by atomic mass is 31.2. The molecule has 0 aromatic carbocycles. The van der Waals surface area contributed by atoms with Crippen LogP contribution in [0.2, 0.25) is 0 Å². The van der Waals surface area contributed by atoms with E-state index >= 15 is 0 Å². The van der Waals surface area contributed by atoms with E-state index in [1.54, 1.807) is 0 Å². The predicted octanol–water partition coefficient (Wildman–Crippen LogP) is 10.3. The molecule has 0 rings (SSSR count). The normalized spacial score (nSPS) is 14.2. The van der Waals surface area contributed by atoms with E-state index in [4.69, 9.17) is 24.3 Å². The molecule has 0 fully saturated rings. The minimum absolute atomic E-state index is 0.0392. The first-order valence-electron chi connectivity index (χ1n) is 18.9. The molecule has 2 atom stereocenters. The van der Waals surface area contributed by atoms with Crippen molar-refractivity contribution in [3.63, 3.8) is 0 Å². The van der Waals surface area contributed by atoms with Crippen molar-refractivity contribution in [2.24, 2.45) is 5.73 Å². The fourth-order valence-corrected chi connectivity index (χ4v) is 5.36. The Balaban J connectivity index is 4.38. The molecule has 0 aliphatic carbocycles. The van der Waals surface area contributed by atoms with E-state index in [0.29, 0.717) is 6.42 Å². The lowest BCUT2D eigenvalue weighted by Gasteiger charge is -2.19. The van der Waals surface area contributed by atoms with Gasteiger partial charge >= 0.3 is 19.8 Å². The minimum atomic E-state index is -4.39. The number of carbonyl (C=O) groups excluding carboxylic acids is 2. The third-order valence-corrected chi connectivity index (χ3v) is 8.35. The monoisotopic (exact) mass is 721 g/mol. The topological polar surface area (TPSA) is 134 Å². The second kappa shape index (κ2) is 36.2. The number of rotatable bonds is 34. The molecule has 3 N–H and O–H groups in total. The number of ether oxygens (including phenoxy) is 2. The summed E-state index contributed by atoms with van der Waals surface area (Å²) in [6.45, 7) is 3.48. The third kappa shape index (κ3) is 35.3. The smallest absolute Gasteiger partial charge is 0.462 e. The van der Waals surface area contributed by atoms with Crippen molar-refractivity contribution in [2.75, 3.05) is 26.4 Å². The van der Waals surface area contributed by atoms with Crippen LogP contribution >= 0.6 is 7.82 Å². The molecule has 0 radical (unpaired) electrons. The standard InChI is InChI=1S/C40H68NO8P/c1-3-5-7-9-11-13-15-16-17-18-19-20-21-22-23-25-27-29-31-33-40(43)49-38(37-48-50(44,45)47-35-34-41)36-46-39(42)32-30-28-26-24-14-12-10-8-6-4-2/h5,7,11,13,16-17,19-20,22-23,27,29,38H,3-4,6,8-10,12,14-15,18,21,24-26,28,30-37,41H2,1-2H3,(H,44,45)/b7-5+,13-11+,17-16+,20-19+,23-22+,29-27+/t38-/m1/s1. The molecule has 50 heavy (non-hydrogen) atoms. The third-order valence-electron chi connectivity index (χ3n) is 7.37. The molecule has 9 nitrogen and oxygen atoms in total. The number of esters is 2. The first-order valence-corrected chi connectivity index (χ1v) is 20.4. The van der Waals surface area contributed by atoms with Crippen LogP contribution in [0.25, 0.3) is 0 Å². The van der Waals surface area contributed by atoms with Crippen molar-refractivity contribution in [1.29, 1.82) is 0 Å². The largest absolute Gasteiger partial charge is 0.472 e. The van der Waals surface area contributed by atoms with E-state index in [9.17, 15) is 19.0 Å². The van der Waals surface area contributed by atoms with Crippen molar-refractivity contribution >= 4 is 19.8 Å². The molecule has 286 valence electrons. The van der Waals surface area contributed by atoms with Crippen molar-refractivity contribution in [2.45, 2.75) is 142 Å². The summed E-state index contributed by atoms with van der Waals surface area (Å²) in [6, 6.07) is 0. The van der Waals surface area contributed by atoms with Crippen LogP contribution < -0.4 is 5.73 Å². The highest BCUT2D eigenvalue weighted by Crippen LogP contribution is 2.43. The Hall–Kier alpha value is -2.55. The molecule has 0 aromatic rings. The van der Waals surface area contributed by atoms with Crippen molar-refractivity contribution in [1.82, 2.24) is 0 Å². The Morgan fingerprint density at radius 3 is 1.60 bits per heavy atom. The molecule has 0 aromatic heterocycles. The molecular weight excluding hydrogens is 653 g/mol. The average Bonchev–Trinajstić information content (AvgIpc) is 3.10. The average molecular weight is 722 g/mol. The van der Waals surface area contributed by atoms with Crippen LogP contribution in [0.5, 0.6) is 0 Å². The minimum Gasteiger partial charge on any atom is -0.462 e. The second-order valence-electron chi connectivity index (χ2n) is 12.1. The van der Waals surface area contributed by atoms with Crippen LogP contribution in [-0.2, 0) is 32.7 Å². The number of hydrogen-bond donors (Lipinski definition) is 2. The van der Waals surface area contributed by atoms with Gasteiger partial charge < -0.3 is 20.1 Å². The van der Waals surface area contributed by atoms with Gasteiger partial charge in [0.1, 0.15) is 6.61 Å². The Morgan fingerprint density at radius 1 is 0.620 bits per heavy atom. The quantitative estimate of drug-likeness (QED) is 0.0288. The van der Waals surface area contributed by atoms with Gasteiger partial charge in [0.2, 0.25) is 0 Å². The summed E-state index contributed by atoms with van der Waals surface area (Å²) in [5.41, 5.74) is 5.32. The van der Waals surface area contributed by atoms with Crippen LogP contribution in [0.1, 0.15) is 136 Å². The van der Waals surface area contributed by atoms with E-state index in [-0.39, 0.29) is 32.6 Å². The van der Waals surface area contributed by atoms with E-state index in [1.165, 1.54) is 44.9 Å². The van der Waals surface area contributed by atoms with Gasteiger partial charge in [0.15, 0.2) is 6.10 Å². The van der Waals surface area contributed by atoms with Crippen LogP contribution in [0.4, 0.5) is 0 Å². The van der Waals surface area contributed by atoms with Crippen LogP contribution in [-0.4, -0.2) is 49.3 Å². The van der Waals surface area contributed by atoms with Gasteiger partial charge in [-0.1, -0.05) is 145 Å². The highest BCUT2D eigenvalue weighted by Gasteiger charge is 2.25. The zero-order chi connectivity index (χ0) is 36.8. The lowest BCUT2D eigenvalue weighted by Crippen LogP contribution is -2.29. The van der Waals surface area contributed by atoms with Gasteiger partial charge in [-0.05, 0) is 51.4 Å². The van der Waals surface area contributed by atoms with Crippen LogP contribution in [0.3, 0.4) is 0 Å². The summed E-state index contributed by atoms with van der Waals surface area (Å²) in [6.07, 6.45) is 42.4. The summed E-state index contributed by atoms with van der Waals surface area (Å²) in [7, 11) is -4.39. The molecule has 1 unspecified atom stereocenters. The summed E-state index contributed by atoms with van der Waals surface area (Å²) < 4.78 is 32.5. The maximum absolute atomic E-state index is 12.5. The van der Waals surface area contributed by atoms with Crippen LogP contribution in [0, 0.1) is 0 Å². The number of allylic oxidation sites excluding steroid dienone is 12. The molecule has 0 spiro atoms.